The molecule has 0 spiro atoms. The third-order valence-electron chi connectivity index (χ3n) is 2.43. The van der Waals surface area contributed by atoms with Crippen LogP contribution in [0, 0.1) is 0 Å². The van der Waals surface area contributed by atoms with E-state index in [1.165, 1.54) is 22.0 Å². The molecule has 0 atom stereocenters. The van der Waals surface area contributed by atoms with Crippen LogP contribution in [0.3, 0.4) is 0 Å². The number of nitrogens with zero attached hydrogens (tertiary/aromatic N) is 1. The lowest BCUT2D eigenvalue weighted by atomic mass is 10.3. The van der Waals surface area contributed by atoms with Crippen LogP contribution in [0.4, 0.5) is 0 Å². The molecule has 0 unspecified atom stereocenters. The quantitative estimate of drug-likeness (QED) is 0.783. The highest BCUT2D eigenvalue weighted by Crippen LogP contribution is 2.05. The van der Waals surface area contributed by atoms with E-state index >= 15 is 0 Å². The Bertz CT molecular complexity index is 738. The number of esters is 1. The third kappa shape index (κ3) is 3.21. The second kappa shape index (κ2) is 5.99. The van der Waals surface area contributed by atoms with E-state index in [0.717, 1.165) is 5.56 Å². The first-order valence-electron chi connectivity index (χ1n) is 5.70. The number of thiazole rings is 1. The summed E-state index contributed by atoms with van der Waals surface area (Å²) >= 11 is 2.86. The molecule has 0 bridgehead atoms. The normalized spacial score (nSPS) is 12.9. The molecule has 19 heavy (non-hydrogen) atoms. The van der Waals surface area contributed by atoms with E-state index in [9.17, 15) is 9.59 Å². The maximum atomic E-state index is 12.0. The molecule has 0 aliphatic carbocycles. The summed E-state index contributed by atoms with van der Waals surface area (Å²) in [5.41, 5.74) is 0.887. The molecule has 0 saturated heterocycles. The Morgan fingerprint density at radius 2 is 2.32 bits per heavy atom. The lowest BCUT2D eigenvalue weighted by Gasteiger charge is -1.93. The van der Waals surface area contributed by atoms with Gasteiger partial charge in [-0.25, -0.2) is 4.79 Å². The van der Waals surface area contributed by atoms with Crippen molar-refractivity contribution in [2.24, 2.45) is 7.05 Å². The molecule has 0 radical (unpaired) electrons. The fraction of sp³-hybridized carbons (Fsp3) is 0.231. The van der Waals surface area contributed by atoms with Gasteiger partial charge in [-0.3, -0.25) is 4.79 Å². The standard InChI is InChI=1S/C13H13NO3S2/c1-3-17-12(15)7-11-14(2)13(16)10(19-11)6-9-4-5-18-8-9/h4-8H,3H2,1-2H3. The predicted molar refractivity (Wildman–Crippen MR) is 77.8 cm³/mol. The zero-order valence-electron chi connectivity index (χ0n) is 10.6. The van der Waals surface area contributed by atoms with Gasteiger partial charge in [0.25, 0.3) is 5.56 Å². The van der Waals surface area contributed by atoms with Crippen LogP contribution in [0.15, 0.2) is 21.6 Å². The number of carbonyl (C=O) groups excluding carboxylic acids is 1. The lowest BCUT2D eigenvalue weighted by Crippen LogP contribution is -2.29. The molecule has 100 valence electrons. The predicted octanol–water partition coefficient (Wildman–Crippen LogP) is 0.681. The fourth-order valence-electron chi connectivity index (χ4n) is 1.50. The van der Waals surface area contributed by atoms with E-state index in [-0.39, 0.29) is 5.56 Å². The van der Waals surface area contributed by atoms with Gasteiger partial charge in [-0.15, -0.1) is 11.3 Å². The van der Waals surface area contributed by atoms with Gasteiger partial charge in [0.1, 0.15) is 4.66 Å². The highest BCUT2D eigenvalue weighted by atomic mass is 32.1. The van der Waals surface area contributed by atoms with Crippen molar-refractivity contribution in [1.29, 1.82) is 0 Å². The Balaban J connectivity index is 2.51. The minimum atomic E-state index is -0.429. The average Bonchev–Trinajstić information content (AvgIpc) is 2.96. The molecule has 2 heterocycles. The topological polar surface area (TPSA) is 48.3 Å². The smallest absolute Gasteiger partial charge is 0.333 e. The third-order valence-corrected chi connectivity index (χ3v) is 4.24. The summed E-state index contributed by atoms with van der Waals surface area (Å²) in [6.07, 6.45) is 3.17. The highest BCUT2D eigenvalue weighted by Gasteiger charge is 2.03. The maximum Gasteiger partial charge on any atom is 0.333 e. The van der Waals surface area contributed by atoms with Gasteiger partial charge in [-0.05, 0) is 35.4 Å². The second-order valence-electron chi connectivity index (χ2n) is 3.77. The number of ether oxygens (including phenoxy) is 1. The van der Waals surface area contributed by atoms with E-state index in [4.69, 9.17) is 4.74 Å². The van der Waals surface area contributed by atoms with E-state index in [2.05, 4.69) is 0 Å². The molecular formula is C13H13NO3S2. The van der Waals surface area contributed by atoms with Crippen LogP contribution < -0.4 is 14.8 Å². The summed E-state index contributed by atoms with van der Waals surface area (Å²) < 4.78 is 7.50. The van der Waals surface area contributed by atoms with Crippen LogP contribution >= 0.6 is 22.7 Å². The molecule has 6 heteroatoms. The van der Waals surface area contributed by atoms with Crippen LogP contribution in [0.2, 0.25) is 0 Å². The number of hydrogen-bond acceptors (Lipinski definition) is 5. The van der Waals surface area contributed by atoms with E-state index in [1.807, 2.05) is 22.9 Å². The fourth-order valence-corrected chi connectivity index (χ4v) is 3.14. The first kappa shape index (κ1) is 13.8. The maximum absolute atomic E-state index is 12.0. The zero-order chi connectivity index (χ0) is 13.8. The monoisotopic (exact) mass is 295 g/mol. The average molecular weight is 295 g/mol. The van der Waals surface area contributed by atoms with Crippen molar-refractivity contribution < 1.29 is 9.53 Å². The molecule has 4 nitrogen and oxygen atoms in total. The van der Waals surface area contributed by atoms with Gasteiger partial charge in [-0.2, -0.15) is 11.3 Å². The van der Waals surface area contributed by atoms with Crippen molar-refractivity contribution >= 4 is 40.8 Å². The van der Waals surface area contributed by atoms with Crippen molar-refractivity contribution in [3.63, 3.8) is 0 Å². The number of carbonyl (C=O) groups is 1. The first-order chi connectivity index (χ1) is 9.11. The Morgan fingerprint density at radius 3 is 2.95 bits per heavy atom. The lowest BCUT2D eigenvalue weighted by molar-refractivity contribution is -0.135. The second-order valence-corrected chi connectivity index (χ2v) is 5.61. The van der Waals surface area contributed by atoms with Crippen LogP contribution in [-0.4, -0.2) is 17.1 Å². The summed E-state index contributed by atoms with van der Waals surface area (Å²) in [5.74, 6) is -0.429. The largest absolute Gasteiger partial charge is 0.463 e. The van der Waals surface area contributed by atoms with Gasteiger partial charge in [-0.1, -0.05) is 0 Å². The van der Waals surface area contributed by atoms with Gasteiger partial charge in [0.05, 0.1) is 17.2 Å². The molecule has 0 amide bonds. The summed E-state index contributed by atoms with van der Waals surface area (Å²) in [4.78, 5) is 23.4. The van der Waals surface area contributed by atoms with E-state index < -0.39 is 5.97 Å². The summed E-state index contributed by atoms with van der Waals surface area (Å²) in [6.45, 7) is 2.07. The van der Waals surface area contributed by atoms with Crippen molar-refractivity contribution in [3.8, 4) is 0 Å². The van der Waals surface area contributed by atoms with Gasteiger partial charge in [0.2, 0.25) is 0 Å². The van der Waals surface area contributed by atoms with Crippen molar-refractivity contribution in [2.75, 3.05) is 6.61 Å². The molecule has 2 rings (SSSR count). The highest BCUT2D eigenvalue weighted by molar-refractivity contribution is 7.08. The Hall–Kier alpha value is -1.66. The van der Waals surface area contributed by atoms with E-state index in [0.29, 0.717) is 15.8 Å². The Labute approximate surface area is 117 Å². The first-order valence-corrected chi connectivity index (χ1v) is 7.46. The van der Waals surface area contributed by atoms with Gasteiger partial charge in [0.15, 0.2) is 0 Å². The summed E-state index contributed by atoms with van der Waals surface area (Å²) in [7, 11) is 1.65. The van der Waals surface area contributed by atoms with Gasteiger partial charge >= 0.3 is 5.97 Å². The number of rotatable bonds is 3. The van der Waals surface area contributed by atoms with Gasteiger partial charge < -0.3 is 9.30 Å². The van der Waals surface area contributed by atoms with Crippen molar-refractivity contribution in [1.82, 2.24) is 4.57 Å². The van der Waals surface area contributed by atoms with Crippen LogP contribution in [0.5, 0.6) is 0 Å². The number of thiophene rings is 1. The summed E-state index contributed by atoms with van der Waals surface area (Å²) in [6, 6.07) is 1.94. The minimum absolute atomic E-state index is 0.105. The molecule has 0 aliphatic heterocycles. The number of hydrogen-bond donors (Lipinski definition) is 0. The SMILES string of the molecule is CCOC(=O)C=c1sc(=Cc2ccsc2)c(=O)n1C. The van der Waals surface area contributed by atoms with E-state index in [1.54, 1.807) is 25.3 Å². The van der Waals surface area contributed by atoms with Crippen LogP contribution in [0.1, 0.15) is 12.5 Å². The van der Waals surface area contributed by atoms with Crippen molar-refractivity contribution in [3.05, 3.63) is 41.9 Å². The molecule has 2 aromatic rings. The Kier molecular flexibility index (Phi) is 4.34. The molecule has 0 saturated carbocycles. The molecule has 0 fully saturated rings. The molecular weight excluding hydrogens is 282 g/mol. The Morgan fingerprint density at radius 1 is 1.53 bits per heavy atom. The minimum Gasteiger partial charge on any atom is -0.463 e. The number of aromatic nitrogens is 1. The molecule has 2 aromatic heterocycles. The van der Waals surface area contributed by atoms with Crippen LogP contribution in [-0.2, 0) is 16.6 Å². The molecule has 0 N–H and O–H groups in total. The molecule has 0 aliphatic rings. The molecule has 0 aromatic carbocycles. The van der Waals surface area contributed by atoms with Crippen molar-refractivity contribution in [2.45, 2.75) is 6.92 Å². The van der Waals surface area contributed by atoms with Gasteiger partial charge in [0, 0.05) is 7.05 Å². The van der Waals surface area contributed by atoms with Crippen LogP contribution in [0.25, 0.3) is 12.2 Å². The summed E-state index contributed by atoms with van der Waals surface area (Å²) in [5, 5.41) is 3.92. The zero-order valence-corrected chi connectivity index (χ0v) is 12.2.